The van der Waals surface area contributed by atoms with Crippen molar-refractivity contribution < 1.29 is 14.3 Å². The van der Waals surface area contributed by atoms with Gasteiger partial charge in [0.15, 0.2) is 0 Å². The molecule has 5 nitrogen and oxygen atoms in total. The minimum atomic E-state index is -0.716. The summed E-state index contributed by atoms with van der Waals surface area (Å²) in [5, 5.41) is 5.63. The van der Waals surface area contributed by atoms with Crippen LogP contribution in [-0.4, -0.2) is 24.6 Å². The molecule has 3 aromatic rings. The van der Waals surface area contributed by atoms with Crippen molar-refractivity contribution in [2.24, 2.45) is 0 Å². The highest BCUT2D eigenvalue weighted by atomic mass is 16.5. The largest absolute Gasteiger partial charge is 0.445 e. The molecule has 0 spiro atoms. The predicted molar refractivity (Wildman–Crippen MR) is 117 cm³/mol. The van der Waals surface area contributed by atoms with Gasteiger partial charge in [0.05, 0.1) is 0 Å². The molecule has 0 unspecified atom stereocenters. The van der Waals surface area contributed by atoms with Crippen LogP contribution >= 0.6 is 0 Å². The molecule has 0 bridgehead atoms. The van der Waals surface area contributed by atoms with Crippen molar-refractivity contribution >= 4 is 12.0 Å². The SMILES string of the molecule is O=C(N[C@@H](Cc1ccccc1)C(=O)NCCc1ccccc1)OCc1ccccc1. The van der Waals surface area contributed by atoms with Gasteiger partial charge in [0.25, 0.3) is 0 Å². The molecular weight excluding hydrogens is 376 g/mol. The van der Waals surface area contributed by atoms with Crippen LogP contribution in [0.3, 0.4) is 0 Å². The second-order valence-corrected chi connectivity index (χ2v) is 6.98. The highest BCUT2D eigenvalue weighted by Crippen LogP contribution is 2.06. The van der Waals surface area contributed by atoms with Crippen LogP contribution in [0.25, 0.3) is 0 Å². The van der Waals surface area contributed by atoms with E-state index in [0.717, 1.165) is 23.1 Å². The topological polar surface area (TPSA) is 67.4 Å². The van der Waals surface area contributed by atoms with Gasteiger partial charge in [-0.3, -0.25) is 4.79 Å². The maximum Gasteiger partial charge on any atom is 0.408 e. The van der Waals surface area contributed by atoms with Gasteiger partial charge in [-0.25, -0.2) is 4.79 Å². The number of rotatable bonds is 9. The number of nitrogens with one attached hydrogen (secondary N) is 2. The molecule has 1 atom stereocenters. The van der Waals surface area contributed by atoms with Gasteiger partial charge in [-0.2, -0.15) is 0 Å². The van der Waals surface area contributed by atoms with E-state index in [0.29, 0.717) is 13.0 Å². The molecule has 2 N–H and O–H groups in total. The number of alkyl carbamates (subject to hydrolysis) is 1. The summed E-state index contributed by atoms with van der Waals surface area (Å²) < 4.78 is 5.29. The standard InChI is InChI=1S/C25H26N2O3/c28-24(26-17-16-20-10-4-1-5-11-20)23(18-21-12-6-2-7-13-21)27-25(29)30-19-22-14-8-3-9-15-22/h1-15,23H,16-19H2,(H,26,28)(H,27,29)/t23-/m0/s1. The number of ether oxygens (including phenoxy) is 1. The van der Waals surface area contributed by atoms with Gasteiger partial charge < -0.3 is 15.4 Å². The average Bonchev–Trinajstić information content (AvgIpc) is 2.79. The average molecular weight is 402 g/mol. The fraction of sp³-hybridized carbons (Fsp3) is 0.200. The fourth-order valence-electron chi connectivity index (χ4n) is 3.06. The van der Waals surface area contributed by atoms with Crippen LogP contribution in [0.4, 0.5) is 4.79 Å². The lowest BCUT2D eigenvalue weighted by atomic mass is 10.1. The maximum absolute atomic E-state index is 12.8. The quantitative estimate of drug-likeness (QED) is 0.571. The van der Waals surface area contributed by atoms with Gasteiger partial charge in [0.1, 0.15) is 12.6 Å². The Morgan fingerprint density at radius 1 is 0.733 bits per heavy atom. The lowest BCUT2D eigenvalue weighted by molar-refractivity contribution is -0.123. The fourth-order valence-corrected chi connectivity index (χ4v) is 3.06. The van der Waals surface area contributed by atoms with Crippen molar-refractivity contribution in [2.75, 3.05) is 6.54 Å². The van der Waals surface area contributed by atoms with E-state index in [-0.39, 0.29) is 12.5 Å². The molecule has 5 heteroatoms. The van der Waals surface area contributed by atoms with E-state index in [1.807, 2.05) is 91.0 Å². The molecule has 0 aromatic heterocycles. The van der Waals surface area contributed by atoms with Crippen molar-refractivity contribution in [3.8, 4) is 0 Å². The van der Waals surface area contributed by atoms with Crippen molar-refractivity contribution in [3.63, 3.8) is 0 Å². The Morgan fingerprint density at radius 2 is 1.27 bits per heavy atom. The van der Waals surface area contributed by atoms with Crippen molar-refractivity contribution in [3.05, 3.63) is 108 Å². The Bertz CT molecular complexity index is 915. The number of hydrogen-bond acceptors (Lipinski definition) is 3. The molecule has 30 heavy (non-hydrogen) atoms. The Morgan fingerprint density at radius 3 is 1.87 bits per heavy atom. The first kappa shape index (κ1) is 21.1. The minimum absolute atomic E-state index is 0.153. The second kappa shape index (κ2) is 11.4. The normalized spacial score (nSPS) is 11.3. The van der Waals surface area contributed by atoms with Gasteiger partial charge in [-0.15, -0.1) is 0 Å². The first-order chi connectivity index (χ1) is 14.7. The zero-order chi connectivity index (χ0) is 21.0. The van der Waals surface area contributed by atoms with Gasteiger partial charge in [-0.05, 0) is 23.1 Å². The Labute approximate surface area is 177 Å². The molecule has 0 aliphatic rings. The molecule has 3 aromatic carbocycles. The van der Waals surface area contributed by atoms with Crippen LogP contribution < -0.4 is 10.6 Å². The zero-order valence-electron chi connectivity index (χ0n) is 16.8. The van der Waals surface area contributed by atoms with E-state index < -0.39 is 12.1 Å². The van der Waals surface area contributed by atoms with E-state index in [1.54, 1.807) is 0 Å². The molecule has 0 aliphatic carbocycles. The lowest BCUT2D eigenvalue weighted by Crippen LogP contribution is -2.48. The van der Waals surface area contributed by atoms with E-state index in [4.69, 9.17) is 4.74 Å². The van der Waals surface area contributed by atoms with Crippen LogP contribution in [0.15, 0.2) is 91.0 Å². The third-order valence-corrected chi connectivity index (χ3v) is 4.66. The molecule has 0 fully saturated rings. The van der Waals surface area contributed by atoms with E-state index in [2.05, 4.69) is 10.6 Å². The number of hydrogen-bond donors (Lipinski definition) is 2. The Hall–Kier alpha value is -3.60. The van der Waals surface area contributed by atoms with Crippen molar-refractivity contribution in [2.45, 2.75) is 25.5 Å². The van der Waals surface area contributed by atoms with Crippen LogP contribution in [0.2, 0.25) is 0 Å². The molecule has 2 amide bonds. The Balaban J connectivity index is 1.56. The zero-order valence-corrected chi connectivity index (χ0v) is 16.8. The Kier molecular flexibility index (Phi) is 8.03. The van der Waals surface area contributed by atoms with E-state index >= 15 is 0 Å². The van der Waals surface area contributed by atoms with Crippen molar-refractivity contribution in [1.82, 2.24) is 10.6 Å². The van der Waals surface area contributed by atoms with Crippen LogP contribution in [0, 0.1) is 0 Å². The van der Waals surface area contributed by atoms with E-state index in [1.165, 1.54) is 0 Å². The van der Waals surface area contributed by atoms with Crippen LogP contribution in [0.5, 0.6) is 0 Å². The summed E-state index contributed by atoms with van der Waals surface area (Å²) in [6, 6.07) is 28.3. The lowest BCUT2D eigenvalue weighted by Gasteiger charge is -2.18. The minimum Gasteiger partial charge on any atom is -0.445 e. The molecular formula is C25H26N2O3. The highest BCUT2D eigenvalue weighted by molar-refractivity contribution is 5.85. The molecule has 0 heterocycles. The van der Waals surface area contributed by atoms with Crippen LogP contribution in [-0.2, 0) is 29.0 Å². The summed E-state index contributed by atoms with van der Waals surface area (Å²) in [4.78, 5) is 25.1. The summed E-state index contributed by atoms with van der Waals surface area (Å²) in [6.45, 7) is 0.648. The maximum atomic E-state index is 12.8. The first-order valence-corrected chi connectivity index (χ1v) is 10.0. The van der Waals surface area contributed by atoms with E-state index in [9.17, 15) is 9.59 Å². The van der Waals surface area contributed by atoms with Crippen LogP contribution in [0.1, 0.15) is 16.7 Å². The number of carbonyl (C=O) groups is 2. The molecule has 0 saturated carbocycles. The summed E-state index contributed by atoms with van der Waals surface area (Å²) in [5.41, 5.74) is 3.00. The third-order valence-electron chi connectivity index (χ3n) is 4.66. The van der Waals surface area contributed by atoms with Gasteiger partial charge in [0.2, 0.25) is 5.91 Å². The molecule has 0 aliphatic heterocycles. The monoisotopic (exact) mass is 402 g/mol. The van der Waals surface area contributed by atoms with Gasteiger partial charge in [0, 0.05) is 13.0 Å². The van der Waals surface area contributed by atoms with Crippen molar-refractivity contribution in [1.29, 1.82) is 0 Å². The number of benzene rings is 3. The molecule has 3 rings (SSSR count). The van der Waals surface area contributed by atoms with Gasteiger partial charge >= 0.3 is 6.09 Å². The summed E-state index contributed by atoms with van der Waals surface area (Å²) in [5.74, 6) is -0.230. The smallest absolute Gasteiger partial charge is 0.408 e. The second-order valence-electron chi connectivity index (χ2n) is 6.98. The summed E-state index contributed by atoms with van der Waals surface area (Å²) >= 11 is 0. The third kappa shape index (κ3) is 7.09. The highest BCUT2D eigenvalue weighted by Gasteiger charge is 2.21. The summed E-state index contributed by atoms with van der Waals surface area (Å²) in [7, 11) is 0. The number of amides is 2. The number of carbonyl (C=O) groups excluding carboxylic acids is 2. The van der Waals surface area contributed by atoms with Gasteiger partial charge in [-0.1, -0.05) is 91.0 Å². The molecule has 0 saturated heterocycles. The predicted octanol–water partition coefficient (Wildman–Crippen LogP) is 3.88. The molecule has 154 valence electrons. The molecule has 0 radical (unpaired) electrons. The first-order valence-electron chi connectivity index (χ1n) is 10.0. The summed E-state index contributed by atoms with van der Waals surface area (Å²) in [6.07, 6.45) is 0.500.